The third-order valence-corrected chi connectivity index (χ3v) is 4.81. The van der Waals surface area contributed by atoms with E-state index in [1.807, 2.05) is 6.92 Å². The number of nitrogen functional groups attached to an aromatic ring is 2. The number of hydrogen-bond donors (Lipinski definition) is 3. The average Bonchev–Trinajstić information content (AvgIpc) is 2.91. The zero-order valence-corrected chi connectivity index (χ0v) is 15.4. The highest BCUT2D eigenvalue weighted by Gasteiger charge is 2.23. The summed E-state index contributed by atoms with van der Waals surface area (Å²) in [6.07, 6.45) is 0. The monoisotopic (exact) mass is 389 g/mol. The Labute approximate surface area is 159 Å². The van der Waals surface area contributed by atoms with Crippen LogP contribution in [0.1, 0.15) is 22.2 Å². The first-order valence-electron chi connectivity index (χ1n) is 7.42. The second-order valence-corrected chi connectivity index (χ2v) is 6.20. The van der Waals surface area contributed by atoms with Crippen molar-refractivity contribution in [2.45, 2.75) is 6.92 Å². The molecule has 2 aromatic heterocycles. The maximum absolute atomic E-state index is 11.6. The summed E-state index contributed by atoms with van der Waals surface area (Å²) in [5.74, 6) is 0.144. The smallest absolute Gasteiger partial charge is 0.260 e. The average molecular weight is 390 g/mol. The quantitative estimate of drug-likeness (QED) is 0.626. The van der Waals surface area contributed by atoms with Crippen LogP contribution < -0.4 is 21.9 Å². The van der Waals surface area contributed by atoms with E-state index in [0.29, 0.717) is 28.1 Å². The highest BCUT2D eigenvalue weighted by Crippen LogP contribution is 2.42. The number of thiophene rings is 1. The van der Waals surface area contributed by atoms with Gasteiger partial charge in [-0.2, -0.15) is 5.26 Å². The first kappa shape index (κ1) is 19.3. The highest BCUT2D eigenvalue weighted by molar-refractivity contribution is 7.21. The number of nitrogens with zero attached hydrogens (tertiary/aromatic N) is 2. The number of hydrogen-bond acceptors (Lipinski definition) is 7. The number of aromatic nitrogens is 1. The number of primary amides is 1. The van der Waals surface area contributed by atoms with E-state index in [1.165, 1.54) is 0 Å². The van der Waals surface area contributed by atoms with E-state index < -0.39 is 5.91 Å². The van der Waals surface area contributed by atoms with Gasteiger partial charge in [-0.15, -0.1) is 23.7 Å². The summed E-state index contributed by atoms with van der Waals surface area (Å²) >= 11 is 1.06. The summed E-state index contributed by atoms with van der Waals surface area (Å²) in [4.78, 5) is 16.5. The fraction of sp³-hybridized carbons (Fsp3) is 0.118. The molecule has 134 valence electrons. The molecule has 0 radical (unpaired) electrons. The zero-order chi connectivity index (χ0) is 18.1. The number of halogens is 1. The van der Waals surface area contributed by atoms with Gasteiger partial charge in [-0.1, -0.05) is 12.1 Å². The summed E-state index contributed by atoms with van der Waals surface area (Å²) in [7, 11) is 0. The van der Waals surface area contributed by atoms with Crippen LogP contribution in [0.25, 0.3) is 21.3 Å². The van der Waals surface area contributed by atoms with Crippen molar-refractivity contribution in [3.05, 3.63) is 34.7 Å². The largest absolute Gasteiger partial charge is 0.494 e. The minimum Gasteiger partial charge on any atom is -0.494 e. The molecule has 3 rings (SSSR count). The minimum absolute atomic E-state index is 0. The molecule has 3 aromatic rings. The molecule has 0 aliphatic carbocycles. The number of ether oxygens (including phenoxy) is 1. The number of pyridine rings is 1. The van der Waals surface area contributed by atoms with Gasteiger partial charge in [0.2, 0.25) is 0 Å². The van der Waals surface area contributed by atoms with Gasteiger partial charge in [-0.25, -0.2) is 4.98 Å². The zero-order valence-electron chi connectivity index (χ0n) is 13.8. The normalized spacial score (nSPS) is 10.2. The maximum atomic E-state index is 11.6. The van der Waals surface area contributed by atoms with Gasteiger partial charge in [0.05, 0.1) is 12.3 Å². The number of anilines is 2. The Morgan fingerprint density at radius 2 is 1.96 bits per heavy atom. The molecule has 7 nitrogen and oxygen atoms in total. The topological polar surface area (TPSA) is 141 Å². The van der Waals surface area contributed by atoms with Gasteiger partial charge in [0, 0.05) is 10.9 Å². The number of benzene rings is 1. The van der Waals surface area contributed by atoms with Crippen molar-refractivity contribution in [3.63, 3.8) is 0 Å². The van der Waals surface area contributed by atoms with Crippen LogP contribution in [0.2, 0.25) is 0 Å². The number of nitriles is 1. The molecule has 0 bridgehead atoms. The second-order valence-electron chi connectivity index (χ2n) is 5.21. The van der Waals surface area contributed by atoms with Gasteiger partial charge in [0.25, 0.3) is 5.91 Å². The molecule has 6 N–H and O–H groups in total. The SMILES string of the molecule is CCOc1ccc(-c2c(C#N)c(N)nc3sc(C(N)=O)c(N)c23)cc1.Cl. The molecule has 0 aliphatic heterocycles. The van der Waals surface area contributed by atoms with Crippen molar-refractivity contribution in [2.75, 3.05) is 18.1 Å². The molecule has 2 heterocycles. The van der Waals surface area contributed by atoms with Crippen molar-refractivity contribution in [3.8, 4) is 22.9 Å². The van der Waals surface area contributed by atoms with Crippen molar-refractivity contribution in [1.29, 1.82) is 5.26 Å². The fourth-order valence-corrected chi connectivity index (χ4v) is 3.60. The second kappa shape index (κ2) is 7.47. The molecule has 0 aliphatic rings. The summed E-state index contributed by atoms with van der Waals surface area (Å²) in [6.45, 7) is 2.45. The Kier molecular flexibility index (Phi) is 5.55. The Morgan fingerprint density at radius 3 is 2.50 bits per heavy atom. The summed E-state index contributed by atoms with van der Waals surface area (Å²) in [5, 5.41) is 10.1. The van der Waals surface area contributed by atoms with Gasteiger partial charge in [-0.3, -0.25) is 4.79 Å². The number of amides is 1. The molecule has 1 amide bonds. The molecule has 0 unspecified atom stereocenters. The lowest BCUT2D eigenvalue weighted by molar-refractivity contribution is 0.100. The van der Waals surface area contributed by atoms with Gasteiger partial charge in [0.1, 0.15) is 32.9 Å². The van der Waals surface area contributed by atoms with Crippen LogP contribution in [0.3, 0.4) is 0 Å². The Hall–Kier alpha value is -3.02. The number of rotatable bonds is 4. The predicted octanol–water partition coefficient (Wildman–Crippen LogP) is 2.92. The molecular weight excluding hydrogens is 374 g/mol. The van der Waals surface area contributed by atoms with Crippen LogP contribution in [-0.4, -0.2) is 17.5 Å². The minimum atomic E-state index is -0.643. The third kappa shape index (κ3) is 3.10. The molecule has 26 heavy (non-hydrogen) atoms. The van der Waals surface area contributed by atoms with Crippen LogP contribution in [0.4, 0.5) is 11.5 Å². The standard InChI is InChI=1S/C17H15N5O2S.ClH/c1-2-24-9-5-3-8(4-6-9)11-10(7-18)15(20)22-17-12(11)13(19)14(25-17)16(21)23;/h3-6H,2,19H2,1H3,(H2,20,22)(H2,21,23);1H. The molecule has 0 spiro atoms. The van der Waals surface area contributed by atoms with Crippen LogP contribution in [-0.2, 0) is 0 Å². The van der Waals surface area contributed by atoms with Gasteiger partial charge >= 0.3 is 0 Å². The Bertz CT molecular complexity index is 1020. The number of carbonyl (C=O) groups excluding carboxylic acids is 1. The lowest BCUT2D eigenvalue weighted by Crippen LogP contribution is -2.10. The fourth-order valence-electron chi connectivity index (χ4n) is 2.64. The van der Waals surface area contributed by atoms with E-state index in [0.717, 1.165) is 16.9 Å². The van der Waals surface area contributed by atoms with E-state index in [4.69, 9.17) is 21.9 Å². The summed E-state index contributed by atoms with van der Waals surface area (Å²) in [6, 6.07) is 9.27. The molecule has 1 aromatic carbocycles. The van der Waals surface area contributed by atoms with E-state index >= 15 is 0 Å². The lowest BCUT2D eigenvalue weighted by Gasteiger charge is -2.10. The predicted molar refractivity (Wildman–Crippen MR) is 106 cm³/mol. The summed E-state index contributed by atoms with van der Waals surface area (Å²) in [5.41, 5.74) is 19.1. The van der Waals surface area contributed by atoms with E-state index in [2.05, 4.69) is 11.1 Å². The van der Waals surface area contributed by atoms with Gasteiger partial charge in [-0.05, 0) is 24.6 Å². The molecular formula is C17H16ClN5O2S. The number of nitrogens with two attached hydrogens (primary N) is 3. The Balaban J connectivity index is 0.00000243. The third-order valence-electron chi connectivity index (χ3n) is 3.69. The number of fused-ring (bicyclic) bond motifs is 1. The number of carbonyl (C=O) groups is 1. The van der Waals surface area contributed by atoms with E-state index in [-0.39, 0.29) is 34.4 Å². The molecule has 0 fully saturated rings. The molecule has 9 heteroatoms. The molecule has 0 atom stereocenters. The van der Waals surface area contributed by atoms with Gasteiger partial charge in [0.15, 0.2) is 0 Å². The summed E-state index contributed by atoms with van der Waals surface area (Å²) < 4.78 is 5.44. The molecule has 0 saturated carbocycles. The van der Waals surface area contributed by atoms with Crippen molar-refractivity contribution in [1.82, 2.24) is 4.98 Å². The maximum Gasteiger partial charge on any atom is 0.260 e. The van der Waals surface area contributed by atoms with Crippen molar-refractivity contribution in [2.24, 2.45) is 5.73 Å². The first-order valence-corrected chi connectivity index (χ1v) is 8.24. The van der Waals surface area contributed by atoms with Gasteiger partial charge < -0.3 is 21.9 Å². The molecule has 0 saturated heterocycles. The van der Waals surface area contributed by atoms with Crippen LogP contribution >= 0.6 is 23.7 Å². The first-order chi connectivity index (χ1) is 12.0. The Morgan fingerprint density at radius 1 is 1.31 bits per heavy atom. The van der Waals surface area contributed by atoms with Crippen LogP contribution in [0.5, 0.6) is 5.75 Å². The highest BCUT2D eigenvalue weighted by atomic mass is 35.5. The van der Waals surface area contributed by atoms with Crippen LogP contribution in [0, 0.1) is 11.3 Å². The lowest BCUT2D eigenvalue weighted by atomic mass is 9.97. The van der Waals surface area contributed by atoms with Crippen molar-refractivity contribution < 1.29 is 9.53 Å². The van der Waals surface area contributed by atoms with E-state index in [1.54, 1.807) is 24.3 Å². The van der Waals surface area contributed by atoms with E-state index in [9.17, 15) is 10.1 Å². The van der Waals surface area contributed by atoms with Crippen molar-refractivity contribution >= 4 is 51.4 Å². The van der Waals surface area contributed by atoms with Crippen LogP contribution in [0.15, 0.2) is 24.3 Å².